The monoisotopic (exact) mass is 428 g/mol. The van der Waals surface area contributed by atoms with Gasteiger partial charge in [-0.25, -0.2) is 0 Å². The van der Waals surface area contributed by atoms with Gasteiger partial charge in [0, 0.05) is 24.4 Å². The Labute approximate surface area is 174 Å². The van der Waals surface area contributed by atoms with Crippen LogP contribution in [0.3, 0.4) is 0 Å². The maximum absolute atomic E-state index is 11.8. The highest BCUT2D eigenvalue weighted by Crippen LogP contribution is 2.38. The minimum Gasteiger partial charge on any atom is -0.433 e. The Bertz CT molecular complexity index is 1100. The van der Waals surface area contributed by atoms with Crippen LogP contribution in [-0.2, 0) is 6.54 Å². The maximum atomic E-state index is 11.8. The molecule has 0 saturated carbocycles. The molecule has 0 atom stereocenters. The molecule has 0 aliphatic carbocycles. The number of hydrogen-bond donors (Lipinski definition) is 2. The Hall–Kier alpha value is -3.93. The highest BCUT2D eigenvalue weighted by atomic mass is 32.2. The van der Waals surface area contributed by atoms with Crippen molar-refractivity contribution in [1.29, 1.82) is 0 Å². The van der Waals surface area contributed by atoms with Crippen LogP contribution in [0, 0.1) is 20.2 Å². The van der Waals surface area contributed by atoms with Crippen molar-refractivity contribution in [2.24, 2.45) is 0 Å². The summed E-state index contributed by atoms with van der Waals surface area (Å²) in [6.07, 6.45) is 1.71. The molecule has 11 nitrogen and oxygen atoms in total. The highest BCUT2D eigenvalue weighted by molar-refractivity contribution is 7.98. The SMILES string of the molecule is CSc1nc(NCc2ccccc2)c([N+](=O)[O-])c(Oc2cc(N)cc([N+](=O)[O-])c2)n1. The smallest absolute Gasteiger partial charge is 0.373 e. The van der Waals surface area contributed by atoms with E-state index >= 15 is 0 Å². The van der Waals surface area contributed by atoms with E-state index in [1.54, 1.807) is 6.26 Å². The molecule has 30 heavy (non-hydrogen) atoms. The van der Waals surface area contributed by atoms with Crippen LogP contribution in [0.15, 0.2) is 53.7 Å². The summed E-state index contributed by atoms with van der Waals surface area (Å²) in [6.45, 7) is 0.287. The van der Waals surface area contributed by atoms with Crippen LogP contribution in [0.4, 0.5) is 22.9 Å². The molecular weight excluding hydrogens is 412 g/mol. The summed E-state index contributed by atoms with van der Waals surface area (Å²) in [5.74, 6) is -0.434. The van der Waals surface area contributed by atoms with Crippen LogP contribution in [0.25, 0.3) is 0 Å². The molecule has 0 spiro atoms. The minimum atomic E-state index is -0.673. The summed E-state index contributed by atoms with van der Waals surface area (Å²) in [6, 6.07) is 12.9. The molecule has 3 aromatic rings. The lowest BCUT2D eigenvalue weighted by Crippen LogP contribution is -2.08. The number of nitrogen functional groups attached to an aromatic ring is 1. The number of rotatable bonds is 8. The van der Waals surface area contributed by atoms with Crippen molar-refractivity contribution >= 4 is 34.6 Å². The van der Waals surface area contributed by atoms with Gasteiger partial charge in [0.15, 0.2) is 5.16 Å². The molecule has 3 rings (SSSR count). The first-order valence-electron chi connectivity index (χ1n) is 8.48. The first-order valence-corrected chi connectivity index (χ1v) is 9.71. The average molecular weight is 428 g/mol. The second-order valence-corrected chi connectivity index (χ2v) is 6.70. The van der Waals surface area contributed by atoms with Crippen LogP contribution < -0.4 is 15.8 Å². The zero-order valence-corrected chi connectivity index (χ0v) is 16.5. The van der Waals surface area contributed by atoms with Crippen molar-refractivity contribution in [3.8, 4) is 11.6 Å². The molecule has 0 aliphatic rings. The number of benzene rings is 2. The number of nitro benzene ring substituents is 1. The first-order chi connectivity index (χ1) is 14.4. The van der Waals surface area contributed by atoms with E-state index in [9.17, 15) is 20.2 Å². The van der Waals surface area contributed by atoms with E-state index < -0.39 is 15.5 Å². The van der Waals surface area contributed by atoms with Crippen molar-refractivity contribution in [2.75, 3.05) is 17.3 Å². The molecule has 1 aromatic heterocycles. The van der Waals surface area contributed by atoms with Gasteiger partial charge in [-0.1, -0.05) is 42.1 Å². The van der Waals surface area contributed by atoms with Crippen LogP contribution in [-0.4, -0.2) is 26.1 Å². The Balaban J connectivity index is 2.01. The van der Waals surface area contributed by atoms with Gasteiger partial charge in [-0.2, -0.15) is 9.97 Å². The van der Waals surface area contributed by atoms with E-state index in [1.165, 1.54) is 6.07 Å². The van der Waals surface area contributed by atoms with Gasteiger partial charge in [0.1, 0.15) is 5.75 Å². The van der Waals surface area contributed by atoms with Gasteiger partial charge in [0.05, 0.1) is 15.9 Å². The zero-order chi connectivity index (χ0) is 21.7. The summed E-state index contributed by atoms with van der Waals surface area (Å²) in [5, 5.41) is 26.0. The van der Waals surface area contributed by atoms with E-state index in [-0.39, 0.29) is 40.5 Å². The number of thioether (sulfide) groups is 1. The number of nitrogens with one attached hydrogen (secondary N) is 1. The van der Waals surface area contributed by atoms with Crippen molar-refractivity contribution in [2.45, 2.75) is 11.7 Å². The summed E-state index contributed by atoms with van der Waals surface area (Å²) >= 11 is 1.16. The van der Waals surface area contributed by atoms with Crippen LogP contribution in [0.2, 0.25) is 0 Å². The number of nitrogens with zero attached hydrogens (tertiary/aromatic N) is 4. The molecule has 0 amide bonds. The van der Waals surface area contributed by atoms with Gasteiger partial charge >= 0.3 is 11.6 Å². The number of non-ortho nitro benzene ring substituents is 1. The summed E-state index contributed by atoms with van der Waals surface area (Å²) in [7, 11) is 0. The number of hydrogen-bond acceptors (Lipinski definition) is 10. The molecule has 1 heterocycles. The molecule has 0 radical (unpaired) electrons. The van der Waals surface area contributed by atoms with Gasteiger partial charge in [0.2, 0.25) is 5.82 Å². The summed E-state index contributed by atoms with van der Waals surface area (Å²) in [4.78, 5) is 29.7. The van der Waals surface area contributed by atoms with Gasteiger partial charge in [-0.05, 0) is 11.8 Å². The lowest BCUT2D eigenvalue weighted by Gasteiger charge is -2.11. The second kappa shape index (κ2) is 9.05. The third-order valence-electron chi connectivity index (χ3n) is 3.84. The molecule has 154 valence electrons. The molecule has 3 N–H and O–H groups in total. The van der Waals surface area contributed by atoms with Crippen LogP contribution in [0.1, 0.15) is 5.56 Å². The fraction of sp³-hybridized carbons (Fsp3) is 0.111. The van der Waals surface area contributed by atoms with Crippen molar-refractivity contribution in [1.82, 2.24) is 9.97 Å². The normalized spacial score (nSPS) is 10.4. The van der Waals surface area contributed by atoms with Gasteiger partial charge in [-0.3, -0.25) is 20.2 Å². The molecule has 0 fully saturated rings. The maximum Gasteiger partial charge on any atom is 0.373 e. The van der Waals surface area contributed by atoms with Crippen LogP contribution in [0.5, 0.6) is 11.6 Å². The Morgan fingerprint density at radius 3 is 2.47 bits per heavy atom. The molecule has 2 aromatic carbocycles. The molecule has 0 bridgehead atoms. The van der Waals surface area contributed by atoms with Gasteiger partial charge in [0.25, 0.3) is 5.69 Å². The lowest BCUT2D eigenvalue weighted by molar-refractivity contribution is -0.385. The summed E-state index contributed by atoms with van der Waals surface area (Å²) in [5.41, 5.74) is 5.84. The number of anilines is 2. The third-order valence-corrected chi connectivity index (χ3v) is 4.39. The van der Waals surface area contributed by atoms with Crippen molar-refractivity contribution < 1.29 is 14.6 Å². The predicted molar refractivity (Wildman–Crippen MR) is 112 cm³/mol. The third kappa shape index (κ3) is 4.91. The fourth-order valence-electron chi connectivity index (χ4n) is 2.53. The second-order valence-electron chi connectivity index (χ2n) is 5.93. The largest absolute Gasteiger partial charge is 0.433 e. The van der Waals surface area contributed by atoms with E-state index in [0.29, 0.717) is 0 Å². The molecule has 12 heteroatoms. The Morgan fingerprint density at radius 1 is 1.10 bits per heavy atom. The highest BCUT2D eigenvalue weighted by Gasteiger charge is 2.27. The number of nitrogens with two attached hydrogens (primary N) is 1. The number of ether oxygens (including phenoxy) is 1. The van der Waals surface area contributed by atoms with E-state index in [4.69, 9.17) is 10.5 Å². The number of nitro groups is 2. The first kappa shape index (κ1) is 20.8. The Kier molecular flexibility index (Phi) is 6.27. The average Bonchev–Trinajstić information content (AvgIpc) is 2.71. The van der Waals surface area contributed by atoms with E-state index in [1.807, 2.05) is 30.3 Å². The standard InChI is InChI=1S/C18H16N6O5S/c1-30-18-21-16(20-10-11-5-3-2-4-6-11)15(24(27)28)17(22-18)29-14-8-12(19)7-13(9-14)23(25)26/h2-9H,10,19H2,1H3,(H,20,21,22). The predicted octanol–water partition coefficient (Wildman–Crippen LogP) is 4.00. The van der Waals surface area contributed by atoms with E-state index in [0.717, 1.165) is 29.5 Å². The topological polar surface area (TPSA) is 159 Å². The van der Waals surface area contributed by atoms with Crippen molar-refractivity contribution in [3.63, 3.8) is 0 Å². The quantitative estimate of drug-likeness (QED) is 0.176. The minimum absolute atomic E-state index is 0.0309. The summed E-state index contributed by atoms with van der Waals surface area (Å²) < 4.78 is 5.55. The zero-order valence-electron chi connectivity index (χ0n) is 15.6. The molecular formula is C18H16N6O5S. The fourth-order valence-corrected chi connectivity index (χ4v) is 2.89. The molecule has 0 unspecified atom stereocenters. The number of aromatic nitrogens is 2. The van der Waals surface area contributed by atoms with Crippen LogP contribution >= 0.6 is 11.8 Å². The molecule has 0 saturated heterocycles. The van der Waals surface area contributed by atoms with Gasteiger partial charge in [-0.15, -0.1) is 0 Å². The van der Waals surface area contributed by atoms with Crippen molar-refractivity contribution in [3.05, 3.63) is 74.3 Å². The molecule has 0 aliphatic heterocycles. The lowest BCUT2D eigenvalue weighted by atomic mass is 10.2. The van der Waals surface area contributed by atoms with Gasteiger partial charge < -0.3 is 15.8 Å². The Morgan fingerprint density at radius 2 is 1.83 bits per heavy atom. The van der Waals surface area contributed by atoms with E-state index in [2.05, 4.69) is 15.3 Å².